The zero-order valence-corrected chi connectivity index (χ0v) is 18.2. The number of nitrogens with zero attached hydrogens (tertiary/aromatic N) is 2. The summed E-state index contributed by atoms with van der Waals surface area (Å²) in [6.45, 7) is 5.17. The Morgan fingerprint density at radius 1 is 0.903 bits per heavy atom. The molecule has 0 spiro atoms. The molecule has 3 rings (SSSR count). The van der Waals surface area contributed by atoms with Gasteiger partial charge in [0.15, 0.2) is 11.5 Å². The monoisotopic (exact) mass is 426 g/mol. The molecule has 0 unspecified atom stereocenters. The van der Waals surface area contributed by atoms with Crippen LogP contribution in [0.4, 0.5) is 0 Å². The summed E-state index contributed by atoms with van der Waals surface area (Å²) < 4.78 is 14.8. The number of hydrogen-bond acceptors (Lipinski definition) is 4. The van der Waals surface area contributed by atoms with Crippen LogP contribution in [0.15, 0.2) is 47.3 Å². The van der Waals surface area contributed by atoms with Gasteiger partial charge in [-0.1, -0.05) is 57.0 Å². The fourth-order valence-electron chi connectivity index (χ4n) is 3.41. The molecule has 2 aromatic carbocycles. The van der Waals surface area contributed by atoms with Gasteiger partial charge in [0.05, 0.1) is 30.8 Å². The Labute approximate surface area is 181 Å². The van der Waals surface area contributed by atoms with E-state index in [-0.39, 0.29) is 5.69 Å². The van der Waals surface area contributed by atoms with Crippen molar-refractivity contribution in [2.75, 3.05) is 13.2 Å². The number of aromatic nitrogens is 2. The van der Waals surface area contributed by atoms with Gasteiger partial charge in [0.1, 0.15) is 6.54 Å². The number of rotatable bonds is 12. The van der Waals surface area contributed by atoms with E-state index in [1.54, 1.807) is 16.7 Å². The number of ether oxygens (including phenoxy) is 2. The summed E-state index contributed by atoms with van der Waals surface area (Å²) in [5, 5.41) is 9.37. The first-order valence-electron chi connectivity index (χ1n) is 10.8. The topological polar surface area (TPSA) is 82.7 Å². The van der Waals surface area contributed by atoms with Gasteiger partial charge in [0.25, 0.3) is 0 Å². The van der Waals surface area contributed by atoms with Crippen molar-refractivity contribution in [3.63, 3.8) is 0 Å². The maximum Gasteiger partial charge on any atom is 0.329 e. The maximum atomic E-state index is 13.2. The summed E-state index contributed by atoms with van der Waals surface area (Å²) in [5.74, 6) is 0.0389. The van der Waals surface area contributed by atoms with Crippen molar-refractivity contribution < 1.29 is 19.4 Å². The fourth-order valence-corrected chi connectivity index (χ4v) is 3.41. The molecule has 1 heterocycles. The van der Waals surface area contributed by atoms with Crippen LogP contribution in [0, 0.1) is 0 Å². The Morgan fingerprint density at radius 3 is 1.97 bits per heavy atom. The van der Waals surface area contributed by atoms with E-state index in [0.29, 0.717) is 42.3 Å². The predicted molar refractivity (Wildman–Crippen MR) is 120 cm³/mol. The lowest BCUT2D eigenvalue weighted by atomic mass is 10.2. The number of benzene rings is 2. The van der Waals surface area contributed by atoms with E-state index in [9.17, 15) is 14.7 Å². The first kappa shape index (κ1) is 22.5. The molecule has 0 bridgehead atoms. The van der Waals surface area contributed by atoms with Gasteiger partial charge < -0.3 is 14.6 Å². The summed E-state index contributed by atoms with van der Waals surface area (Å²) in [6.07, 6.45) is 3.79. The van der Waals surface area contributed by atoms with Gasteiger partial charge in [0, 0.05) is 12.1 Å². The second-order valence-electron chi connectivity index (χ2n) is 7.53. The first-order chi connectivity index (χ1) is 15.0. The van der Waals surface area contributed by atoms with Crippen LogP contribution in [0.1, 0.15) is 45.1 Å². The van der Waals surface area contributed by atoms with E-state index in [4.69, 9.17) is 9.47 Å². The molecule has 0 aliphatic heterocycles. The van der Waals surface area contributed by atoms with Crippen LogP contribution >= 0.6 is 0 Å². The number of carbonyl (C=O) groups is 1. The number of aliphatic carboxylic acids is 1. The van der Waals surface area contributed by atoms with E-state index in [2.05, 4.69) is 13.8 Å². The Hall–Kier alpha value is -3.22. The largest absolute Gasteiger partial charge is 0.490 e. The van der Waals surface area contributed by atoms with Crippen molar-refractivity contribution in [2.45, 2.75) is 52.6 Å². The number of carboxylic acids is 1. The van der Waals surface area contributed by atoms with Crippen molar-refractivity contribution >= 4 is 17.0 Å². The molecule has 0 aliphatic carbocycles. The van der Waals surface area contributed by atoms with Gasteiger partial charge in [-0.05, 0) is 18.4 Å². The molecule has 0 saturated carbocycles. The molecule has 0 radical (unpaired) electrons. The third-order valence-electron chi connectivity index (χ3n) is 5.07. The van der Waals surface area contributed by atoms with Crippen LogP contribution in [0.5, 0.6) is 11.5 Å². The van der Waals surface area contributed by atoms with E-state index >= 15 is 0 Å². The standard InChI is InChI=1S/C24H30N2O5/c1-3-5-12-30-21-14-19-20(15-22(21)31-13-6-4-2)26(17-23(27)28)24(29)25(19)16-18-10-8-7-9-11-18/h7-11,14-15H,3-6,12-13,16-17H2,1-2H3,(H,27,28). The highest BCUT2D eigenvalue weighted by atomic mass is 16.5. The predicted octanol–water partition coefficient (Wildman–Crippen LogP) is 4.29. The molecule has 7 heteroatoms. The molecular formula is C24H30N2O5. The average Bonchev–Trinajstić information content (AvgIpc) is 2.99. The maximum absolute atomic E-state index is 13.2. The molecule has 1 aromatic heterocycles. The third-order valence-corrected chi connectivity index (χ3v) is 5.07. The summed E-state index contributed by atoms with van der Waals surface area (Å²) in [6, 6.07) is 13.2. The third kappa shape index (κ3) is 5.48. The lowest BCUT2D eigenvalue weighted by Crippen LogP contribution is -2.27. The number of imidazole rings is 1. The van der Waals surface area contributed by atoms with Gasteiger partial charge in [-0.3, -0.25) is 13.9 Å². The van der Waals surface area contributed by atoms with Crippen LogP contribution in [-0.2, 0) is 17.9 Å². The molecule has 0 atom stereocenters. The van der Waals surface area contributed by atoms with Crippen molar-refractivity contribution in [1.29, 1.82) is 0 Å². The SMILES string of the molecule is CCCCOc1cc2c(cc1OCCCC)n(Cc1ccccc1)c(=O)n2CC(=O)O. The zero-order valence-electron chi connectivity index (χ0n) is 18.2. The number of carboxylic acid groups (broad SMARTS) is 1. The Morgan fingerprint density at radius 2 is 1.45 bits per heavy atom. The quantitative estimate of drug-likeness (QED) is 0.437. The zero-order chi connectivity index (χ0) is 22.2. The minimum Gasteiger partial charge on any atom is -0.490 e. The van der Waals surface area contributed by atoms with Crippen molar-refractivity contribution in [1.82, 2.24) is 9.13 Å². The summed E-state index contributed by atoms with van der Waals surface area (Å²) in [5.41, 5.74) is 1.74. The highest BCUT2D eigenvalue weighted by molar-refractivity contribution is 5.82. The molecule has 0 aliphatic rings. The summed E-state index contributed by atoms with van der Waals surface area (Å²) in [7, 11) is 0. The molecule has 0 amide bonds. The molecule has 1 N–H and O–H groups in total. The normalized spacial score (nSPS) is 11.0. The van der Waals surface area contributed by atoms with Crippen molar-refractivity contribution in [3.8, 4) is 11.5 Å². The number of hydrogen-bond donors (Lipinski definition) is 1. The molecule has 0 saturated heterocycles. The van der Waals surface area contributed by atoms with Gasteiger partial charge in [-0.25, -0.2) is 4.79 Å². The van der Waals surface area contributed by atoms with Gasteiger partial charge in [-0.2, -0.15) is 0 Å². The molecule has 31 heavy (non-hydrogen) atoms. The highest BCUT2D eigenvalue weighted by Crippen LogP contribution is 2.33. The van der Waals surface area contributed by atoms with Crippen LogP contribution in [-0.4, -0.2) is 33.4 Å². The lowest BCUT2D eigenvalue weighted by molar-refractivity contribution is -0.137. The second-order valence-corrected chi connectivity index (χ2v) is 7.53. The highest BCUT2D eigenvalue weighted by Gasteiger charge is 2.19. The molecule has 7 nitrogen and oxygen atoms in total. The Balaban J connectivity index is 2.12. The van der Waals surface area contributed by atoms with E-state index < -0.39 is 12.5 Å². The Bertz CT molecular complexity index is 1070. The van der Waals surface area contributed by atoms with Gasteiger partial charge in [0.2, 0.25) is 0 Å². The molecule has 166 valence electrons. The fraction of sp³-hybridized carbons (Fsp3) is 0.417. The van der Waals surface area contributed by atoms with Crippen LogP contribution < -0.4 is 15.2 Å². The van der Waals surface area contributed by atoms with E-state index in [0.717, 1.165) is 31.2 Å². The molecule has 0 fully saturated rings. The van der Waals surface area contributed by atoms with Crippen LogP contribution in [0.3, 0.4) is 0 Å². The molecular weight excluding hydrogens is 396 g/mol. The summed E-state index contributed by atoms with van der Waals surface area (Å²) >= 11 is 0. The van der Waals surface area contributed by atoms with Crippen LogP contribution in [0.25, 0.3) is 11.0 Å². The minimum absolute atomic E-state index is 0.341. The van der Waals surface area contributed by atoms with E-state index in [1.165, 1.54) is 4.57 Å². The van der Waals surface area contributed by atoms with Crippen LogP contribution in [0.2, 0.25) is 0 Å². The molecule has 3 aromatic rings. The van der Waals surface area contributed by atoms with Gasteiger partial charge in [-0.15, -0.1) is 0 Å². The smallest absolute Gasteiger partial charge is 0.329 e. The van der Waals surface area contributed by atoms with Crippen molar-refractivity contribution in [2.24, 2.45) is 0 Å². The first-order valence-corrected chi connectivity index (χ1v) is 10.8. The number of unbranched alkanes of at least 4 members (excludes halogenated alkanes) is 2. The minimum atomic E-state index is -1.07. The summed E-state index contributed by atoms with van der Waals surface area (Å²) in [4.78, 5) is 24.6. The Kier molecular flexibility index (Phi) is 7.76. The van der Waals surface area contributed by atoms with Crippen molar-refractivity contribution in [3.05, 3.63) is 58.5 Å². The lowest BCUT2D eigenvalue weighted by Gasteiger charge is -2.14. The number of fused-ring (bicyclic) bond motifs is 1. The van der Waals surface area contributed by atoms with Gasteiger partial charge >= 0.3 is 11.7 Å². The van der Waals surface area contributed by atoms with E-state index in [1.807, 2.05) is 30.3 Å². The average molecular weight is 427 g/mol. The second kappa shape index (κ2) is 10.7.